The van der Waals surface area contributed by atoms with Crippen molar-refractivity contribution >= 4 is 23.0 Å². The van der Waals surface area contributed by atoms with Gasteiger partial charge in [0.1, 0.15) is 24.1 Å². The molecule has 1 aromatic heterocycles. The van der Waals surface area contributed by atoms with Gasteiger partial charge in [0.2, 0.25) is 0 Å². The van der Waals surface area contributed by atoms with E-state index in [1.54, 1.807) is 18.0 Å². The maximum Gasteiger partial charge on any atom is 0.410 e. The number of aromatic carboxylic acids is 1. The molecule has 3 aliphatic rings. The number of hydrogen-bond acceptors (Lipinski definition) is 6. The SMILES string of the molecule is CN(CCN1CCCC1COC1COc2ccccc2-c2c(C3CCCCC3)c3ccc(C(=O)O)cc3n2C1)C(=O)OC(C)(C)C. The monoisotopic (exact) mass is 631 g/mol. The summed E-state index contributed by atoms with van der Waals surface area (Å²) in [6.07, 6.45) is 7.55. The van der Waals surface area contributed by atoms with Gasteiger partial charge in [-0.15, -0.1) is 0 Å². The van der Waals surface area contributed by atoms with Crippen LogP contribution in [0.15, 0.2) is 42.5 Å². The molecule has 1 saturated heterocycles. The minimum absolute atomic E-state index is 0.220. The number of carboxylic acid groups (broad SMARTS) is 1. The zero-order valence-electron chi connectivity index (χ0n) is 27.8. The Labute approximate surface area is 272 Å². The van der Waals surface area contributed by atoms with E-state index in [-0.39, 0.29) is 18.2 Å². The molecule has 46 heavy (non-hydrogen) atoms. The Bertz CT molecular complexity index is 1550. The van der Waals surface area contributed by atoms with Crippen molar-refractivity contribution in [3.63, 3.8) is 0 Å². The van der Waals surface area contributed by atoms with Crippen LogP contribution in [0.1, 0.15) is 87.6 Å². The van der Waals surface area contributed by atoms with Crippen LogP contribution in [-0.4, -0.2) is 89.2 Å². The lowest BCUT2D eigenvalue weighted by molar-refractivity contribution is -0.0153. The van der Waals surface area contributed by atoms with Crippen molar-refractivity contribution in [2.24, 2.45) is 0 Å². The van der Waals surface area contributed by atoms with Gasteiger partial charge in [0.25, 0.3) is 0 Å². The van der Waals surface area contributed by atoms with Gasteiger partial charge >= 0.3 is 12.1 Å². The minimum Gasteiger partial charge on any atom is -0.490 e. The number of carbonyl (C=O) groups excluding carboxylic acids is 1. The standard InChI is InChI=1S/C37H49N3O6/c1-37(2,3)46-36(43)38(4)19-20-39-18-10-13-27(39)23-44-28-22-40-31-21-26(35(41)42)16-17-29(31)33(25-11-6-5-7-12-25)34(40)30-14-8-9-15-32(30)45-24-28/h8-9,14-17,21,25,27-28H,5-7,10-13,18-20,22-24H2,1-4H3,(H,41,42). The Morgan fingerprint density at radius 2 is 1.83 bits per heavy atom. The molecular weight excluding hydrogens is 582 g/mol. The molecular formula is C37H49N3O6. The van der Waals surface area contributed by atoms with E-state index >= 15 is 0 Å². The molecule has 3 aromatic rings. The van der Waals surface area contributed by atoms with Crippen LogP contribution < -0.4 is 4.74 Å². The number of ether oxygens (including phenoxy) is 3. The van der Waals surface area contributed by atoms with Gasteiger partial charge in [0.15, 0.2) is 0 Å². The molecule has 0 spiro atoms. The summed E-state index contributed by atoms with van der Waals surface area (Å²) in [6, 6.07) is 14.1. The number of hydrogen-bond donors (Lipinski definition) is 1. The van der Waals surface area contributed by atoms with Crippen LogP contribution in [0.25, 0.3) is 22.2 Å². The molecule has 9 heteroatoms. The maximum atomic E-state index is 12.5. The van der Waals surface area contributed by atoms with E-state index in [0.29, 0.717) is 37.8 Å². The molecule has 9 nitrogen and oxygen atoms in total. The second-order valence-electron chi connectivity index (χ2n) is 14.2. The maximum absolute atomic E-state index is 12.5. The van der Waals surface area contributed by atoms with Crippen LogP contribution in [0.5, 0.6) is 5.75 Å². The zero-order valence-corrected chi connectivity index (χ0v) is 27.8. The highest BCUT2D eigenvalue weighted by molar-refractivity contribution is 5.98. The number of amides is 1. The summed E-state index contributed by atoms with van der Waals surface area (Å²) in [6.45, 7) is 9.50. The molecule has 6 rings (SSSR count). The van der Waals surface area contributed by atoms with Gasteiger partial charge in [0, 0.05) is 42.6 Å². The van der Waals surface area contributed by atoms with Crippen LogP contribution in [0.2, 0.25) is 0 Å². The van der Waals surface area contributed by atoms with Gasteiger partial charge in [-0.1, -0.05) is 37.5 Å². The normalized spacial score (nSPS) is 20.8. The molecule has 2 aromatic carbocycles. The highest BCUT2D eigenvalue weighted by Crippen LogP contribution is 2.47. The van der Waals surface area contributed by atoms with Crippen LogP contribution in [0.4, 0.5) is 4.79 Å². The molecule has 248 valence electrons. The predicted molar refractivity (Wildman–Crippen MR) is 179 cm³/mol. The first kappa shape index (κ1) is 32.4. The van der Waals surface area contributed by atoms with Gasteiger partial charge in [-0.05, 0) is 88.7 Å². The van der Waals surface area contributed by atoms with Gasteiger partial charge < -0.3 is 28.8 Å². The summed E-state index contributed by atoms with van der Waals surface area (Å²) < 4.78 is 21.0. The molecule has 1 N–H and O–H groups in total. The van der Waals surface area contributed by atoms with Crippen LogP contribution in [0, 0.1) is 0 Å². The van der Waals surface area contributed by atoms with E-state index < -0.39 is 11.6 Å². The van der Waals surface area contributed by atoms with E-state index in [9.17, 15) is 14.7 Å². The van der Waals surface area contributed by atoms with Crippen molar-refractivity contribution < 1.29 is 28.9 Å². The summed E-state index contributed by atoms with van der Waals surface area (Å²) in [5.41, 5.74) is 4.25. The summed E-state index contributed by atoms with van der Waals surface area (Å²) >= 11 is 0. The highest BCUT2D eigenvalue weighted by atomic mass is 16.6. The molecule has 2 unspecified atom stereocenters. The number of benzene rings is 2. The Kier molecular flexibility index (Phi) is 9.62. The molecule has 2 atom stereocenters. The van der Waals surface area contributed by atoms with Crippen molar-refractivity contribution in [1.29, 1.82) is 0 Å². The fraction of sp³-hybridized carbons (Fsp3) is 0.568. The molecule has 1 saturated carbocycles. The van der Waals surface area contributed by atoms with E-state index in [4.69, 9.17) is 14.2 Å². The number of likely N-dealkylation sites (tertiary alicyclic amines) is 1. The van der Waals surface area contributed by atoms with Gasteiger partial charge in [-0.25, -0.2) is 9.59 Å². The van der Waals surface area contributed by atoms with Crippen molar-refractivity contribution in [1.82, 2.24) is 14.4 Å². The first-order valence-electron chi connectivity index (χ1n) is 17.0. The van der Waals surface area contributed by atoms with E-state index in [0.717, 1.165) is 66.7 Å². The number of likely N-dealkylation sites (N-methyl/N-ethyl adjacent to an activating group) is 1. The summed E-state index contributed by atoms with van der Waals surface area (Å²) in [4.78, 5) is 28.6. The molecule has 3 heterocycles. The number of carboxylic acids is 1. The van der Waals surface area contributed by atoms with Crippen LogP contribution in [0.3, 0.4) is 0 Å². The molecule has 2 aliphatic heterocycles. The number of para-hydroxylation sites is 1. The van der Waals surface area contributed by atoms with Gasteiger partial charge in [-0.2, -0.15) is 0 Å². The van der Waals surface area contributed by atoms with Gasteiger partial charge in [-0.3, -0.25) is 4.90 Å². The topological polar surface area (TPSA) is 93.5 Å². The number of aromatic nitrogens is 1. The third kappa shape index (κ3) is 7.05. The molecule has 1 aliphatic carbocycles. The minimum atomic E-state index is -0.919. The van der Waals surface area contributed by atoms with Crippen molar-refractivity contribution in [3.05, 3.63) is 53.6 Å². The zero-order chi connectivity index (χ0) is 32.4. The largest absolute Gasteiger partial charge is 0.490 e. The van der Waals surface area contributed by atoms with Crippen molar-refractivity contribution in [2.45, 2.75) is 95.9 Å². The molecule has 1 amide bonds. The van der Waals surface area contributed by atoms with E-state index in [1.807, 2.05) is 45.0 Å². The lowest BCUT2D eigenvalue weighted by Gasteiger charge is -2.31. The van der Waals surface area contributed by atoms with Crippen LogP contribution in [-0.2, 0) is 16.0 Å². The van der Waals surface area contributed by atoms with Crippen molar-refractivity contribution in [3.8, 4) is 17.0 Å². The lowest BCUT2D eigenvalue weighted by atomic mass is 9.81. The smallest absolute Gasteiger partial charge is 0.410 e. The second-order valence-corrected chi connectivity index (χ2v) is 14.2. The molecule has 0 radical (unpaired) electrons. The third-order valence-corrected chi connectivity index (χ3v) is 9.77. The number of carbonyl (C=O) groups is 2. The lowest BCUT2D eigenvalue weighted by Crippen LogP contribution is -2.42. The average Bonchev–Trinajstić information content (AvgIpc) is 3.61. The summed E-state index contributed by atoms with van der Waals surface area (Å²) in [5, 5.41) is 11.1. The number of nitrogens with zero attached hydrogens (tertiary/aromatic N) is 3. The van der Waals surface area contributed by atoms with E-state index in [1.165, 1.54) is 24.8 Å². The first-order chi connectivity index (χ1) is 22.1. The van der Waals surface area contributed by atoms with Crippen LogP contribution >= 0.6 is 0 Å². The molecule has 2 fully saturated rings. The quantitative estimate of drug-likeness (QED) is 0.282. The summed E-state index contributed by atoms with van der Waals surface area (Å²) in [5.74, 6) is 0.335. The second kappa shape index (κ2) is 13.7. The predicted octanol–water partition coefficient (Wildman–Crippen LogP) is 7.16. The fourth-order valence-corrected chi connectivity index (χ4v) is 7.46. The highest BCUT2D eigenvalue weighted by Gasteiger charge is 2.32. The first-order valence-corrected chi connectivity index (χ1v) is 17.0. The Balaban J connectivity index is 1.26. The van der Waals surface area contributed by atoms with Gasteiger partial charge in [0.05, 0.1) is 24.4 Å². The summed E-state index contributed by atoms with van der Waals surface area (Å²) in [7, 11) is 1.79. The fourth-order valence-electron chi connectivity index (χ4n) is 7.46. The van der Waals surface area contributed by atoms with E-state index in [2.05, 4.69) is 21.6 Å². The average molecular weight is 632 g/mol. The third-order valence-electron chi connectivity index (χ3n) is 9.77. The Hall–Kier alpha value is -3.56. The van der Waals surface area contributed by atoms with Crippen molar-refractivity contribution in [2.75, 3.05) is 39.9 Å². The molecule has 0 bridgehead atoms. The number of rotatable bonds is 8. The Morgan fingerprint density at radius 3 is 2.59 bits per heavy atom. The number of fused-ring (bicyclic) bond motifs is 5. The Morgan fingerprint density at radius 1 is 1.04 bits per heavy atom.